The summed E-state index contributed by atoms with van der Waals surface area (Å²) in [6, 6.07) is 3.07. The highest BCUT2D eigenvalue weighted by Gasteiger charge is 2.15. The van der Waals surface area contributed by atoms with Crippen LogP contribution in [-0.4, -0.2) is 35.1 Å². The number of carboxylic acid groups (broad SMARTS) is 1. The van der Waals surface area contributed by atoms with Gasteiger partial charge in [-0.05, 0) is 51.0 Å². The van der Waals surface area contributed by atoms with Crippen molar-refractivity contribution in [1.29, 1.82) is 0 Å². The van der Waals surface area contributed by atoms with Crippen molar-refractivity contribution in [3.05, 3.63) is 28.8 Å². The minimum Gasteiger partial charge on any atom is -0.478 e. The third-order valence-electron chi connectivity index (χ3n) is 3.24. The van der Waals surface area contributed by atoms with E-state index in [1.807, 2.05) is 20.8 Å². The number of carbonyl (C=O) groups excluding carboxylic acids is 1. The Morgan fingerprint density at radius 2 is 1.84 bits per heavy atom. The van der Waals surface area contributed by atoms with Crippen molar-refractivity contribution < 1.29 is 14.7 Å². The molecule has 0 aliphatic heterocycles. The van der Waals surface area contributed by atoms with Crippen LogP contribution in [0.5, 0.6) is 0 Å². The lowest BCUT2D eigenvalue weighted by Gasteiger charge is -2.22. The van der Waals surface area contributed by atoms with Crippen molar-refractivity contribution in [2.24, 2.45) is 0 Å². The highest BCUT2D eigenvalue weighted by molar-refractivity contribution is 5.94. The van der Waals surface area contributed by atoms with Crippen LogP contribution in [0.25, 0.3) is 0 Å². The van der Waals surface area contributed by atoms with E-state index in [4.69, 9.17) is 5.11 Å². The number of aryl methyl sites for hydroxylation is 1. The smallest absolute Gasteiger partial charge is 0.336 e. The number of carboxylic acids is 1. The fourth-order valence-corrected chi connectivity index (χ4v) is 1.60. The van der Waals surface area contributed by atoms with Crippen molar-refractivity contribution in [3.8, 4) is 0 Å². The van der Waals surface area contributed by atoms with Crippen molar-refractivity contribution in [3.63, 3.8) is 0 Å². The Morgan fingerprint density at radius 3 is 2.32 bits per heavy atom. The first-order valence-corrected chi connectivity index (χ1v) is 6.12. The zero-order chi connectivity index (χ0) is 14.7. The van der Waals surface area contributed by atoms with Crippen LogP contribution in [0.15, 0.2) is 12.1 Å². The first-order chi connectivity index (χ1) is 8.73. The highest BCUT2D eigenvalue weighted by Crippen LogP contribution is 2.20. The van der Waals surface area contributed by atoms with E-state index < -0.39 is 5.97 Å². The SMILES string of the molecule is Cc1cc(NC(=O)N(C)C(C)C)cc(C(=O)O)c1C. The molecule has 2 N–H and O–H groups in total. The minimum absolute atomic E-state index is 0.0745. The summed E-state index contributed by atoms with van der Waals surface area (Å²) in [6.07, 6.45) is 0. The van der Waals surface area contributed by atoms with E-state index in [1.54, 1.807) is 24.9 Å². The minimum atomic E-state index is -0.992. The van der Waals surface area contributed by atoms with Gasteiger partial charge >= 0.3 is 12.0 Å². The van der Waals surface area contributed by atoms with Crippen molar-refractivity contribution >= 4 is 17.7 Å². The van der Waals surface area contributed by atoms with Crippen molar-refractivity contribution in [2.45, 2.75) is 33.7 Å². The summed E-state index contributed by atoms with van der Waals surface area (Å²) in [6.45, 7) is 7.39. The molecule has 0 saturated heterocycles. The Balaban J connectivity index is 3.03. The van der Waals surface area contributed by atoms with E-state index >= 15 is 0 Å². The maximum Gasteiger partial charge on any atom is 0.336 e. The standard InChI is InChI=1S/C14H20N2O3/c1-8(2)16(5)14(19)15-11-6-9(3)10(4)12(7-11)13(17)18/h6-8H,1-5H3,(H,15,19)(H,17,18). The molecular formula is C14H20N2O3. The fourth-order valence-electron chi connectivity index (χ4n) is 1.60. The Hall–Kier alpha value is -2.04. The Morgan fingerprint density at radius 1 is 1.26 bits per heavy atom. The molecule has 5 heteroatoms. The number of hydrogen-bond donors (Lipinski definition) is 2. The first kappa shape index (κ1) is 15.0. The zero-order valence-corrected chi connectivity index (χ0v) is 11.9. The van der Waals surface area contributed by atoms with Gasteiger partial charge in [-0.3, -0.25) is 0 Å². The molecule has 0 saturated carbocycles. The Bertz CT molecular complexity index is 510. The average molecular weight is 264 g/mol. The number of anilines is 1. The van der Waals surface area contributed by atoms with Gasteiger partial charge in [0.1, 0.15) is 0 Å². The zero-order valence-electron chi connectivity index (χ0n) is 11.9. The largest absolute Gasteiger partial charge is 0.478 e. The predicted molar refractivity (Wildman–Crippen MR) is 74.8 cm³/mol. The molecule has 19 heavy (non-hydrogen) atoms. The van der Waals surface area contributed by atoms with Crippen LogP contribution in [-0.2, 0) is 0 Å². The summed E-state index contributed by atoms with van der Waals surface area (Å²) in [7, 11) is 1.69. The van der Waals surface area contributed by atoms with Gasteiger partial charge in [0, 0.05) is 18.8 Å². The monoisotopic (exact) mass is 264 g/mol. The van der Waals surface area contributed by atoms with Gasteiger partial charge in [0.15, 0.2) is 0 Å². The Labute approximate surface area is 113 Å². The van der Waals surface area contributed by atoms with Gasteiger partial charge in [0.05, 0.1) is 5.56 Å². The maximum atomic E-state index is 11.9. The number of urea groups is 1. The van der Waals surface area contributed by atoms with Crippen LogP contribution in [0.1, 0.15) is 35.3 Å². The van der Waals surface area contributed by atoms with Crippen LogP contribution in [0.2, 0.25) is 0 Å². The molecule has 0 atom stereocenters. The summed E-state index contributed by atoms with van der Waals surface area (Å²) in [5, 5.41) is 11.8. The number of aromatic carboxylic acids is 1. The molecule has 2 amide bonds. The van der Waals surface area contributed by atoms with Crippen molar-refractivity contribution in [2.75, 3.05) is 12.4 Å². The average Bonchev–Trinajstić information content (AvgIpc) is 2.31. The summed E-state index contributed by atoms with van der Waals surface area (Å²) in [4.78, 5) is 24.6. The van der Waals surface area contributed by atoms with Gasteiger partial charge in [-0.1, -0.05) is 0 Å². The number of carbonyl (C=O) groups is 2. The van der Waals surface area contributed by atoms with E-state index in [2.05, 4.69) is 5.32 Å². The summed E-state index contributed by atoms with van der Waals surface area (Å²) < 4.78 is 0. The second-order valence-corrected chi connectivity index (χ2v) is 4.91. The van der Waals surface area contributed by atoms with E-state index in [-0.39, 0.29) is 17.6 Å². The molecule has 1 rings (SSSR count). The van der Waals surface area contributed by atoms with Crippen molar-refractivity contribution in [1.82, 2.24) is 4.90 Å². The molecule has 0 spiro atoms. The van der Waals surface area contributed by atoms with Crippen LogP contribution in [0.4, 0.5) is 10.5 Å². The number of nitrogens with one attached hydrogen (secondary N) is 1. The second kappa shape index (κ2) is 5.73. The summed E-state index contributed by atoms with van der Waals surface area (Å²) in [5.74, 6) is -0.992. The van der Waals surface area contributed by atoms with Crippen LogP contribution < -0.4 is 5.32 Å². The van der Waals surface area contributed by atoms with Gasteiger partial charge < -0.3 is 15.3 Å². The lowest BCUT2D eigenvalue weighted by atomic mass is 10.0. The molecule has 0 unspecified atom stereocenters. The highest BCUT2D eigenvalue weighted by atomic mass is 16.4. The van der Waals surface area contributed by atoms with E-state index in [9.17, 15) is 9.59 Å². The molecule has 0 fully saturated rings. The number of rotatable bonds is 3. The Kier molecular flexibility index (Phi) is 4.53. The van der Waals surface area contributed by atoms with E-state index in [0.717, 1.165) is 5.56 Å². The predicted octanol–water partition coefficient (Wildman–Crippen LogP) is 2.87. The normalized spacial score (nSPS) is 10.4. The third-order valence-corrected chi connectivity index (χ3v) is 3.24. The van der Waals surface area contributed by atoms with Crippen LogP contribution >= 0.6 is 0 Å². The quantitative estimate of drug-likeness (QED) is 0.882. The molecule has 1 aromatic rings. The van der Waals surface area contributed by atoms with Gasteiger partial charge in [-0.25, -0.2) is 9.59 Å². The topological polar surface area (TPSA) is 69.6 Å². The van der Waals surface area contributed by atoms with Crippen LogP contribution in [0, 0.1) is 13.8 Å². The molecule has 0 bridgehead atoms. The van der Waals surface area contributed by atoms with Gasteiger partial charge in [0.2, 0.25) is 0 Å². The lowest BCUT2D eigenvalue weighted by Crippen LogP contribution is -2.36. The molecule has 0 aliphatic rings. The first-order valence-electron chi connectivity index (χ1n) is 6.12. The third kappa shape index (κ3) is 3.47. The number of amides is 2. The second-order valence-electron chi connectivity index (χ2n) is 4.91. The lowest BCUT2D eigenvalue weighted by molar-refractivity contribution is 0.0696. The molecular weight excluding hydrogens is 244 g/mol. The molecule has 0 radical (unpaired) electrons. The molecule has 104 valence electrons. The van der Waals surface area contributed by atoms with Gasteiger partial charge in [0.25, 0.3) is 0 Å². The summed E-state index contributed by atoms with van der Waals surface area (Å²) >= 11 is 0. The fraction of sp³-hybridized carbons (Fsp3) is 0.429. The van der Waals surface area contributed by atoms with E-state index in [0.29, 0.717) is 11.3 Å². The van der Waals surface area contributed by atoms with Gasteiger partial charge in [-0.15, -0.1) is 0 Å². The summed E-state index contributed by atoms with van der Waals surface area (Å²) in [5.41, 5.74) is 2.26. The molecule has 5 nitrogen and oxygen atoms in total. The van der Waals surface area contributed by atoms with Gasteiger partial charge in [-0.2, -0.15) is 0 Å². The van der Waals surface area contributed by atoms with Crippen LogP contribution in [0.3, 0.4) is 0 Å². The molecule has 0 aromatic heterocycles. The molecule has 0 heterocycles. The number of benzene rings is 1. The molecule has 0 aliphatic carbocycles. The maximum absolute atomic E-state index is 11.9. The van der Waals surface area contributed by atoms with E-state index in [1.165, 1.54) is 6.07 Å². The number of hydrogen-bond acceptors (Lipinski definition) is 2. The number of nitrogens with zero attached hydrogens (tertiary/aromatic N) is 1. The molecule has 1 aromatic carbocycles.